The number of hydrogen-bond donors (Lipinski definition) is 1. The number of carbonyl (C=O) groups is 1. The first kappa shape index (κ1) is 15.5. The van der Waals surface area contributed by atoms with Gasteiger partial charge in [-0.2, -0.15) is 0 Å². The smallest absolute Gasteiger partial charge is 0.255 e. The van der Waals surface area contributed by atoms with Gasteiger partial charge in [-0.3, -0.25) is 4.79 Å². The Bertz CT molecular complexity index is 673. The lowest BCUT2D eigenvalue weighted by Crippen LogP contribution is -2.23. The van der Waals surface area contributed by atoms with E-state index in [1.54, 1.807) is 0 Å². The van der Waals surface area contributed by atoms with Gasteiger partial charge in [0.25, 0.3) is 5.91 Å². The Labute approximate surface area is 131 Å². The molecule has 0 aliphatic carbocycles. The first-order valence-electron chi connectivity index (χ1n) is 6.38. The first-order chi connectivity index (χ1) is 10.0. The van der Waals surface area contributed by atoms with Crippen LogP contribution in [-0.4, -0.2) is 13.0 Å². The van der Waals surface area contributed by atoms with Crippen molar-refractivity contribution in [2.45, 2.75) is 13.5 Å². The predicted octanol–water partition coefficient (Wildman–Crippen LogP) is 3.84. The van der Waals surface area contributed by atoms with E-state index < -0.39 is 5.82 Å². The van der Waals surface area contributed by atoms with Crippen LogP contribution in [0.1, 0.15) is 21.5 Å². The van der Waals surface area contributed by atoms with E-state index in [0.29, 0.717) is 12.3 Å². The summed E-state index contributed by atoms with van der Waals surface area (Å²) in [6, 6.07) is 9.69. The van der Waals surface area contributed by atoms with Crippen LogP contribution >= 0.6 is 15.9 Å². The zero-order valence-electron chi connectivity index (χ0n) is 11.7. The maximum absolute atomic E-state index is 13.3. The van der Waals surface area contributed by atoms with Gasteiger partial charge in [-0.1, -0.05) is 28.1 Å². The molecule has 0 heterocycles. The van der Waals surface area contributed by atoms with Crippen LogP contribution in [0.25, 0.3) is 0 Å². The zero-order valence-corrected chi connectivity index (χ0v) is 13.3. The summed E-state index contributed by atoms with van der Waals surface area (Å²) in [5.74, 6) is -0.492. The highest BCUT2D eigenvalue weighted by Gasteiger charge is 2.13. The summed E-state index contributed by atoms with van der Waals surface area (Å²) < 4.78 is 19.4. The molecule has 0 atom stereocenters. The SMILES string of the molecule is COc1ccc(F)cc1C(=O)NCc1ccc(Br)c(C)c1. The molecule has 21 heavy (non-hydrogen) atoms. The lowest BCUT2D eigenvalue weighted by atomic mass is 10.1. The highest BCUT2D eigenvalue weighted by Crippen LogP contribution is 2.20. The standard InChI is InChI=1S/C16H15BrFNO2/c1-10-7-11(3-5-14(10)17)9-19-16(20)13-8-12(18)4-6-15(13)21-2/h3-8H,9H2,1-2H3,(H,19,20). The van der Waals surface area contributed by atoms with Crippen LogP contribution in [0, 0.1) is 12.7 Å². The zero-order chi connectivity index (χ0) is 15.4. The van der Waals surface area contributed by atoms with Crippen LogP contribution in [0.15, 0.2) is 40.9 Å². The molecule has 2 aromatic rings. The van der Waals surface area contributed by atoms with Crippen LogP contribution in [0.5, 0.6) is 5.75 Å². The molecule has 3 nitrogen and oxygen atoms in total. The molecule has 0 radical (unpaired) electrons. The number of amides is 1. The van der Waals surface area contributed by atoms with E-state index in [4.69, 9.17) is 4.74 Å². The summed E-state index contributed by atoms with van der Waals surface area (Å²) in [6.07, 6.45) is 0. The summed E-state index contributed by atoms with van der Waals surface area (Å²) in [5.41, 5.74) is 2.25. The summed E-state index contributed by atoms with van der Waals surface area (Å²) in [7, 11) is 1.45. The van der Waals surface area contributed by atoms with E-state index in [0.717, 1.165) is 15.6 Å². The van der Waals surface area contributed by atoms with E-state index in [-0.39, 0.29) is 11.5 Å². The fourth-order valence-electron chi connectivity index (χ4n) is 1.95. The van der Waals surface area contributed by atoms with Crippen molar-refractivity contribution < 1.29 is 13.9 Å². The van der Waals surface area contributed by atoms with E-state index in [1.165, 1.54) is 25.3 Å². The van der Waals surface area contributed by atoms with E-state index in [9.17, 15) is 9.18 Å². The number of halogens is 2. The van der Waals surface area contributed by atoms with Gasteiger partial charge in [0.05, 0.1) is 12.7 Å². The second-order valence-electron chi connectivity index (χ2n) is 4.61. The molecule has 0 aliphatic rings. The molecule has 0 aromatic heterocycles. The molecular formula is C16H15BrFNO2. The lowest BCUT2D eigenvalue weighted by molar-refractivity contribution is 0.0947. The summed E-state index contributed by atoms with van der Waals surface area (Å²) in [4.78, 5) is 12.1. The number of ether oxygens (including phenoxy) is 1. The molecule has 5 heteroatoms. The molecule has 1 amide bonds. The van der Waals surface area contributed by atoms with Crippen molar-refractivity contribution >= 4 is 21.8 Å². The number of nitrogens with one attached hydrogen (secondary N) is 1. The van der Waals surface area contributed by atoms with Crippen molar-refractivity contribution in [1.82, 2.24) is 5.32 Å². The van der Waals surface area contributed by atoms with Gasteiger partial charge < -0.3 is 10.1 Å². The van der Waals surface area contributed by atoms with Crippen molar-refractivity contribution in [3.8, 4) is 5.75 Å². The van der Waals surface area contributed by atoms with Crippen molar-refractivity contribution in [3.05, 3.63) is 63.4 Å². The monoisotopic (exact) mass is 351 g/mol. The molecule has 0 aliphatic heterocycles. The first-order valence-corrected chi connectivity index (χ1v) is 7.17. The minimum absolute atomic E-state index is 0.186. The van der Waals surface area contributed by atoms with Gasteiger partial charge in [0.1, 0.15) is 11.6 Å². The quantitative estimate of drug-likeness (QED) is 0.908. The second kappa shape index (κ2) is 6.72. The van der Waals surface area contributed by atoms with Gasteiger partial charge in [-0.05, 0) is 42.3 Å². The number of rotatable bonds is 4. The molecule has 0 saturated heterocycles. The lowest BCUT2D eigenvalue weighted by Gasteiger charge is -2.10. The van der Waals surface area contributed by atoms with Crippen molar-refractivity contribution in [2.24, 2.45) is 0 Å². The number of carbonyl (C=O) groups excluding carboxylic acids is 1. The molecule has 0 unspecified atom stereocenters. The third-order valence-electron chi connectivity index (χ3n) is 3.08. The van der Waals surface area contributed by atoms with E-state index >= 15 is 0 Å². The van der Waals surface area contributed by atoms with Crippen LogP contribution in [0.4, 0.5) is 4.39 Å². The Morgan fingerprint density at radius 2 is 2.05 bits per heavy atom. The molecule has 2 rings (SSSR count). The topological polar surface area (TPSA) is 38.3 Å². The summed E-state index contributed by atoms with van der Waals surface area (Å²) in [6.45, 7) is 2.34. The average Bonchev–Trinajstić information content (AvgIpc) is 2.48. The Balaban J connectivity index is 2.11. The van der Waals surface area contributed by atoms with Crippen molar-refractivity contribution in [1.29, 1.82) is 0 Å². The third kappa shape index (κ3) is 3.82. The molecule has 0 bridgehead atoms. The molecule has 0 fully saturated rings. The number of methoxy groups -OCH3 is 1. The van der Waals surface area contributed by atoms with Gasteiger partial charge in [0.15, 0.2) is 0 Å². The van der Waals surface area contributed by atoms with Gasteiger partial charge in [0.2, 0.25) is 0 Å². The number of aryl methyl sites for hydroxylation is 1. The summed E-state index contributed by atoms with van der Waals surface area (Å²) in [5, 5.41) is 2.76. The Morgan fingerprint density at radius 1 is 1.29 bits per heavy atom. The fourth-order valence-corrected chi connectivity index (χ4v) is 2.20. The van der Waals surface area contributed by atoms with Crippen LogP contribution < -0.4 is 10.1 Å². The van der Waals surface area contributed by atoms with Crippen molar-refractivity contribution in [2.75, 3.05) is 7.11 Å². The van der Waals surface area contributed by atoms with E-state index in [2.05, 4.69) is 21.2 Å². The predicted molar refractivity (Wildman–Crippen MR) is 83.0 cm³/mol. The molecule has 2 aromatic carbocycles. The average molecular weight is 352 g/mol. The fraction of sp³-hybridized carbons (Fsp3) is 0.188. The molecular weight excluding hydrogens is 337 g/mol. The van der Waals surface area contributed by atoms with Gasteiger partial charge in [-0.25, -0.2) is 4.39 Å². The van der Waals surface area contributed by atoms with Crippen molar-refractivity contribution in [3.63, 3.8) is 0 Å². The normalized spacial score (nSPS) is 10.3. The second-order valence-corrected chi connectivity index (χ2v) is 5.47. The van der Waals surface area contributed by atoms with E-state index in [1.807, 2.05) is 25.1 Å². The summed E-state index contributed by atoms with van der Waals surface area (Å²) >= 11 is 3.43. The molecule has 110 valence electrons. The van der Waals surface area contributed by atoms with Crippen LogP contribution in [-0.2, 0) is 6.54 Å². The minimum atomic E-state index is -0.472. The van der Waals surface area contributed by atoms with Gasteiger partial charge in [0, 0.05) is 11.0 Å². The number of benzene rings is 2. The maximum atomic E-state index is 13.3. The van der Waals surface area contributed by atoms with Crippen LogP contribution in [0.2, 0.25) is 0 Å². The maximum Gasteiger partial charge on any atom is 0.255 e. The largest absolute Gasteiger partial charge is 0.496 e. The highest BCUT2D eigenvalue weighted by molar-refractivity contribution is 9.10. The molecule has 0 spiro atoms. The van der Waals surface area contributed by atoms with Gasteiger partial charge >= 0.3 is 0 Å². The highest BCUT2D eigenvalue weighted by atomic mass is 79.9. The molecule has 1 N–H and O–H groups in total. The van der Waals surface area contributed by atoms with Gasteiger partial charge in [-0.15, -0.1) is 0 Å². The molecule has 0 saturated carbocycles. The number of hydrogen-bond acceptors (Lipinski definition) is 2. The Kier molecular flexibility index (Phi) is 4.96. The third-order valence-corrected chi connectivity index (χ3v) is 3.97. The Morgan fingerprint density at radius 3 is 2.71 bits per heavy atom. The van der Waals surface area contributed by atoms with Crippen LogP contribution in [0.3, 0.4) is 0 Å². The minimum Gasteiger partial charge on any atom is -0.496 e. The Hall–Kier alpha value is -1.88.